The molecule has 1 N–H and O–H groups in total. The van der Waals surface area contributed by atoms with Gasteiger partial charge in [-0.05, 0) is 30.2 Å². The number of fused-ring (bicyclic) bond motifs is 1. The lowest BCUT2D eigenvalue weighted by Gasteiger charge is -1.99. The Morgan fingerprint density at radius 1 is 1.24 bits per heavy atom. The Labute approximate surface area is 143 Å². The van der Waals surface area contributed by atoms with E-state index in [1.807, 2.05) is 18.2 Å². The second-order valence-electron chi connectivity index (χ2n) is 5.52. The number of nitro benzene ring substituents is 1. The third-order valence-corrected chi connectivity index (χ3v) is 3.79. The van der Waals surface area contributed by atoms with E-state index >= 15 is 0 Å². The Kier molecular flexibility index (Phi) is 4.30. The second kappa shape index (κ2) is 6.56. The average molecular weight is 337 g/mol. The van der Waals surface area contributed by atoms with Crippen LogP contribution in [0.25, 0.3) is 23.2 Å². The fourth-order valence-electron chi connectivity index (χ4n) is 2.46. The van der Waals surface area contributed by atoms with Gasteiger partial charge in [0.25, 0.3) is 5.69 Å². The summed E-state index contributed by atoms with van der Waals surface area (Å²) in [6.07, 6.45) is 5.24. The molecule has 7 nitrogen and oxygen atoms in total. The number of carbonyl (C=O) groups excluding carboxylic acids is 1. The summed E-state index contributed by atoms with van der Waals surface area (Å²) in [6.45, 7) is 1.70. The number of nitrogens with one attached hydrogen (secondary N) is 1. The van der Waals surface area contributed by atoms with Gasteiger partial charge < -0.3 is 9.72 Å². The van der Waals surface area contributed by atoms with Crippen molar-refractivity contribution in [1.29, 1.82) is 0 Å². The fraction of sp³-hybridized carbons (Fsp3) is 0.111. The summed E-state index contributed by atoms with van der Waals surface area (Å²) in [4.78, 5) is 29.3. The van der Waals surface area contributed by atoms with E-state index in [-0.39, 0.29) is 5.69 Å². The van der Waals surface area contributed by atoms with Crippen molar-refractivity contribution in [3.63, 3.8) is 0 Å². The van der Waals surface area contributed by atoms with Gasteiger partial charge in [-0.15, -0.1) is 0 Å². The molecule has 0 radical (unpaired) electrons. The molecule has 0 unspecified atom stereocenters. The number of hydrogen-bond donors (Lipinski definition) is 1. The molecule has 0 atom stereocenters. The van der Waals surface area contributed by atoms with Crippen molar-refractivity contribution in [3.8, 4) is 0 Å². The standard InChI is InChI=1S/C18H15N3O4/c1-11-3-4-12(8-16(11)21(23)24)5-6-13-7-14-9-15(18(22)25-2)20-17(14)19-10-13/h3-10H,1-2H3,(H,19,20)/b6-5+. The van der Waals surface area contributed by atoms with E-state index in [9.17, 15) is 14.9 Å². The average Bonchev–Trinajstić information content (AvgIpc) is 3.03. The molecule has 0 aliphatic carbocycles. The normalized spacial score (nSPS) is 11.1. The smallest absolute Gasteiger partial charge is 0.354 e. The molecule has 7 heteroatoms. The maximum absolute atomic E-state index is 11.5. The molecule has 0 aliphatic heterocycles. The number of nitro groups is 1. The van der Waals surface area contributed by atoms with Crippen molar-refractivity contribution in [2.75, 3.05) is 7.11 Å². The third kappa shape index (κ3) is 3.40. The van der Waals surface area contributed by atoms with Crippen molar-refractivity contribution in [3.05, 3.63) is 69.0 Å². The summed E-state index contributed by atoms with van der Waals surface area (Å²) in [5, 5.41) is 11.8. The molecule has 0 saturated carbocycles. The Hall–Kier alpha value is -3.48. The maximum atomic E-state index is 11.5. The first-order chi connectivity index (χ1) is 12.0. The number of H-pyrrole nitrogens is 1. The van der Waals surface area contributed by atoms with Crippen LogP contribution in [0.3, 0.4) is 0 Å². The molecular formula is C18H15N3O4. The highest BCUT2D eigenvalue weighted by Gasteiger charge is 2.11. The number of nitrogens with zero attached hydrogens (tertiary/aromatic N) is 2. The van der Waals surface area contributed by atoms with Gasteiger partial charge in [-0.25, -0.2) is 9.78 Å². The van der Waals surface area contributed by atoms with Crippen LogP contribution in [0, 0.1) is 17.0 Å². The first-order valence-electron chi connectivity index (χ1n) is 7.48. The predicted octanol–water partition coefficient (Wildman–Crippen LogP) is 3.74. The maximum Gasteiger partial charge on any atom is 0.354 e. The fourth-order valence-corrected chi connectivity index (χ4v) is 2.46. The summed E-state index contributed by atoms with van der Waals surface area (Å²) in [7, 11) is 1.32. The van der Waals surface area contributed by atoms with E-state index in [1.165, 1.54) is 13.2 Å². The number of pyridine rings is 1. The predicted molar refractivity (Wildman–Crippen MR) is 94.2 cm³/mol. The molecule has 0 amide bonds. The molecule has 0 fully saturated rings. The number of carbonyl (C=O) groups is 1. The van der Waals surface area contributed by atoms with Crippen molar-refractivity contribution in [2.45, 2.75) is 6.92 Å². The van der Waals surface area contributed by atoms with Crippen LogP contribution < -0.4 is 0 Å². The first-order valence-corrected chi connectivity index (χ1v) is 7.48. The summed E-state index contributed by atoms with van der Waals surface area (Å²) < 4.78 is 4.67. The number of benzene rings is 1. The molecule has 3 aromatic rings. The highest BCUT2D eigenvalue weighted by molar-refractivity contribution is 5.94. The number of aromatic amines is 1. The third-order valence-electron chi connectivity index (χ3n) is 3.79. The Morgan fingerprint density at radius 3 is 2.72 bits per heavy atom. The van der Waals surface area contributed by atoms with Crippen LogP contribution >= 0.6 is 0 Å². The number of ether oxygens (including phenoxy) is 1. The van der Waals surface area contributed by atoms with Crippen LogP contribution in [0.1, 0.15) is 27.2 Å². The molecular weight excluding hydrogens is 322 g/mol. The van der Waals surface area contributed by atoms with Crippen LogP contribution in [0.2, 0.25) is 0 Å². The molecule has 2 heterocycles. The van der Waals surface area contributed by atoms with Gasteiger partial charge in [-0.3, -0.25) is 10.1 Å². The summed E-state index contributed by atoms with van der Waals surface area (Å²) in [5.74, 6) is -0.456. The number of esters is 1. The lowest BCUT2D eigenvalue weighted by atomic mass is 10.1. The van der Waals surface area contributed by atoms with E-state index in [0.29, 0.717) is 16.9 Å². The second-order valence-corrected chi connectivity index (χ2v) is 5.52. The van der Waals surface area contributed by atoms with Crippen molar-refractivity contribution >= 4 is 34.8 Å². The van der Waals surface area contributed by atoms with E-state index in [4.69, 9.17) is 0 Å². The highest BCUT2D eigenvalue weighted by atomic mass is 16.6. The molecule has 2 aromatic heterocycles. The largest absolute Gasteiger partial charge is 0.464 e. The van der Waals surface area contributed by atoms with Crippen LogP contribution in [-0.4, -0.2) is 28.0 Å². The van der Waals surface area contributed by atoms with Crippen molar-refractivity contribution in [2.24, 2.45) is 0 Å². The Bertz CT molecular complexity index is 1000. The van der Waals surface area contributed by atoms with Crippen LogP contribution in [0.5, 0.6) is 0 Å². The minimum Gasteiger partial charge on any atom is -0.464 e. The van der Waals surface area contributed by atoms with Gasteiger partial charge >= 0.3 is 5.97 Å². The zero-order valence-electron chi connectivity index (χ0n) is 13.6. The zero-order chi connectivity index (χ0) is 18.0. The minimum atomic E-state index is -0.456. The van der Waals surface area contributed by atoms with E-state index in [2.05, 4.69) is 14.7 Å². The molecule has 0 spiro atoms. The van der Waals surface area contributed by atoms with Gasteiger partial charge in [0.1, 0.15) is 11.3 Å². The number of methoxy groups -OCH3 is 1. The lowest BCUT2D eigenvalue weighted by Crippen LogP contribution is -2.00. The highest BCUT2D eigenvalue weighted by Crippen LogP contribution is 2.21. The number of aromatic nitrogens is 2. The topological polar surface area (TPSA) is 98.1 Å². The van der Waals surface area contributed by atoms with Crippen LogP contribution in [0.15, 0.2) is 36.5 Å². The van der Waals surface area contributed by atoms with Crippen LogP contribution in [-0.2, 0) is 4.74 Å². The Balaban J connectivity index is 1.90. The molecule has 0 bridgehead atoms. The van der Waals surface area contributed by atoms with Crippen molar-refractivity contribution < 1.29 is 14.5 Å². The SMILES string of the molecule is COC(=O)c1cc2cc(/C=C/c3ccc(C)c([N+](=O)[O-])c3)cnc2[nH]1. The number of hydrogen-bond acceptors (Lipinski definition) is 5. The van der Waals surface area contributed by atoms with Gasteiger partial charge in [-0.2, -0.15) is 0 Å². The number of rotatable bonds is 4. The molecule has 25 heavy (non-hydrogen) atoms. The van der Waals surface area contributed by atoms with Gasteiger partial charge in [0.2, 0.25) is 0 Å². The van der Waals surface area contributed by atoms with Gasteiger partial charge in [0.05, 0.1) is 12.0 Å². The minimum absolute atomic E-state index is 0.0871. The van der Waals surface area contributed by atoms with E-state index in [1.54, 1.807) is 31.3 Å². The monoisotopic (exact) mass is 337 g/mol. The molecule has 0 aliphatic rings. The summed E-state index contributed by atoms with van der Waals surface area (Å²) >= 11 is 0. The van der Waals surface area contributed by atoms with Gasteiger partial charge in [-0.1, -0.05) is 24.3 Å². The van der Waals surface area contributed by atoms with Crippen LogP contribution in [0.4, 0.5) is 5.69 Å². The lowest BCUT2D eigenvalue weighted by molar-refractivity contribution is -0.385. The van der Waals surface area contributed by atoms with E-state index < -0.39 is 10.9 Å². The Morgan fingerprint density at radius 2 is 2.00 bits per heavy atom. The molecule has 0 saturated heterocycles. The molecule has 3 rings (SSSR count). The van der Waals surface area contributed by atoms with Crippen molar-refractivity contribution in [1.82, 2.24) is 9.97 Å². The van der Waals surface area contributed by atoms with Gasteiger partial charge in [0.15, 0.2) is 0 Å². The van der Waals surface area contributed by atoms with Gasteiger partial charge in [0, 0.05) is 23.2 Å². The summed E-state index contributed by atoms with van der Waals surface area (Å²) in [6, 6.07) is 8.60. The molecule has 126 valence electrons. The molecule has 1 aromatic carbocycles. The zero-order valence-corrected chi connectivity index (χ0v) is 13.6. The van der Waals surface area contributed by atoms with E-state index in [0.717, 1.165) is 16.5 Å². The summed E-state index contributed by atoms with van der Waals surface area (Å²) in [5.41, 5.74) is 3.16. The first kappa shape index (κ1) is 16.4. The quantitative estimate of drug-likeness (QED) is 0.444. The number of aryl methyl sites for hydroxylation is 1.